The Kier molecular flexibility index (Phi) is 8.39. The van der Waals surface area contributed by atoms with Gasteiger partial charge >= 0.3 is 0 Å². The lowest BCUT2D eigenvalue weighted by molar-refractivity contribution is -0.134. The summed E-state index contributed by atoms with van der Waals surface area (Å²) in [7, 11) is 0. The second-order valence-electron chi connectivity index (χ2n) is 6.41. The molecule has 0 saturated heterocycles. The lowest BCUT2D eigenvalue weighted by Crippen LogP contribution is -2.38. The Hall–Kier alpha value is -2.67. The van der Waals surface area contributed by atoms with Crippen molar-refractivity contribution in [1.82, 2.24) is 4.90 Å². The predicted molar refractivity (Wildman–Crippen MR) is 108 cm³/mol. The van der Waals surface area contributed by atoms with Gasteiger partial charge in [-0.05, 0) is 56.2 Å². The van der Waals surface area contributed by atoms with Gasteiger partial charge in [0.2, 0.25) is 11.8 Å². The summed E-state index contributed by atoms with van der Waals surface area (Å²) in [5.74, 6) is -1.96. The minimum Gasteiger partial charge on any atom is -0.493 e. The number of nitrogens with zero attached hydrogens (tertiary/aromatic N) is 1. The molecule has 0 bridgehead atoms. The zero-order valence-corrected chi connectivity index (χ0v) is 17.1. The third-order valence-corrected chi connectivity index (χ3v) is 4.46. The number of benzene rings is 2. The van der Waals surface area contributed by atoms with Crippen molar-refractivity contribution < 1.29 is 23.1 Å². The quantitative estimate of drug-likeness (QED) is 0.600. The van der Waals surface area contributed by atoms with Gasteiger partial charge < -0.3 is 15.0 Å². The molecule has 2 aromatic carbocycles. The molecule has 0 saturated carbocycles. The molecular weight excluding hydrogens is 402 g/mol. The molecule has 0 heterocycles. The number of hydrogen-bond acceptors (Lipinski definition) is 3. The molecule has 1 N–H and O–H groups in total. The number of anilines is 1. The number of nitrogens with one attached hydrogen (secondary N) is 1. The molecule has 156 valence electrons. The Morgan fingerprint density at radius 1 is 1.17 bits per heavy atom. The van der Waals surface area contributed by atoms with E-state index < -0.39 is 23.2 Å². The zero-order valence-electron chi connectivity index (χ0n) is 16.3. The normalized spacial score (nSPS) is 10.5. The number of para-hydroxylation sites is 1. The Morgan fingerprint density at radius 3 is 2.48 bits per heavy atom. The summed E-state index contributed by atoms with van der Waals surface area (Å²) >= 11 is 5.90. The monoisotopic (exact) mass is 424 g/mol. The van der Waals surface area contributed by atoms with Crippen molar-refractivity contribution in [2.45, 2.75) is 26.7 Å². The molecule has 2 aromatic rings. The summed E-state index contributed by atoms with van der Waals surface area (Å²) in [4.78, 5) is 25.8. The highest BCUT2D eigenvalue weighted by molar-refractivity contribution is 6.30. The van der Waals surface area contributed by atoms with E-state index in [0.29, 0.717) is 30.3 Å². The van der Waals surface area contributed by atoms with Crippen LogP contribution >= 0.6 is 11.6 Å². The second kappa shape index (κ2) is 10.8. The van der Waals surface area contributed by atoms with Crippen LogP contribution < -0.4 is 10.1 Å². The number of carbonyl (C=O) groups is 2. The highest BCUT2D eigenvalue weighted by atomic mass is 35.5. The van der Waals surface area contributed by atoms with Gasteiger partial charge in [0.25, 0.3) is 0 Å². The fourth-order valence-corrected chi connectivity index (χ4v) is 2.91. The lowest BCUT2D eigenvalue weighted by atomic mass is 10.2. The molecule has 8 heteroatoms. The van der Waals surface area contributed by atoms with Crippen LogP contribution in [0.25, 0.3) is 0 Å². The first-order valence-electron chi connectivity index (χ1n) is 9.22. The molecule has 0 aliphatic carbocycles. The smallest absolute Gasteiger partial charge is 0.244 e. The molecule has 0 spiro atoms. The molecular formula is C21H23ClF2N2O3. The maximum atomic E-state index is 13.6. The van der Waals surface area contributed by atoms with Gasteiger partial charge in [-0.25, -0.2) is 8.78 Å². The number of rotatable bonds is 9. The minimum absolute atomic E-state index is 0.182. The molecule has 2 amide bonds. The van der Waals surface area contributed by atoms with Crippen molar-refractivity contribution in [1.29, 1.82) is 0 Å². The SMILES string of the molecule is CCN(CC(=O)Nc1c(F)cccc1F)C(=O)CCCOc1ccc(Cl)cc1C. The third-order valence-electron chi connectivity index (χ3n) is 4.23. The van der Waals surface area contributed by atoms with Gasteiger partial charge in [-0.1, -0.05) is 17.7 Å². The van der Waals surface area contributed by atoms with Crippen LogP contribution in [0.3, 0.4) is 0 Å². The number of hydrogen-bond donors (Lipinski definition) is 1. The van der Waals surface area contributed by atoms with Gasteiger partial charge in [0.05, 0.1) is 13.2 Å². The summed E-state index contributed by atoms with van der Waals surface area (Å²) < 4.78 is 32.9. The summed E-state index contributed by atoms with van der Waals surface area (Å²) in [5, 5.41) is 2.80. The first kappa shape index (κ1) is 22.6. The van der Waals surface area contributed by atoms with E-state index in [1.54, 1.807) is 25.1 Å². The molecule has 0 aliphatic heterocycles. The van der Waals surface area contributed by atoms with Gasteiger partial charge in [-0.15, -0.1) is 0 Å². The van der Waals surface area contributed by atoms with E-state index in [1.807, 2.05) is 6.92 Å². The fraction of sp³-hybridized carbons (Fsp3) is 0.333. The van der Waals surface area contributed by atoms with Gasteiger partial charge in [-0.2, -0.15) is 0 Å². The van der Waals surface area contributed by atoms with Crippen molar-refractivity contribution in [2.24, 2.45) is 0 Å². The van der Waals surface area contributed by atoms with Crippen molar-refractivity contribution in [3.63, 3.8) is 0 Å². The minimum atomic E-state index is -0.873. The molecule has 0 aliphatic rings. The number of carbonyl (C=O) groups excluding carboxylic acids is 2. The highest BCUT2D eigenvalue weighted by Crippen LogP contribution is 2.22. The van der Waals surface area contributed by atoms with E-state index in [0.717, 1.165) is 17.7 Å². The predicted octanol–water partition coefficient (Wildman–Crippen LogP) is 4.57. The van der Waals surface area contributed by atoms with Crippen LogP contribution in [0.15, 0.2) is 36.4 Å². The van der Waals surface area contributed by atoms with Gasteiger partial charge in [-0.3, -0.25) is 9.59 Å². The summed E-state index contributed by atoms with van der Waals surface area (Å²) in [6, 6.07) is 8.58. The number of halogens is 3. The Labute approximate surface area is 173 Å². The van der Waals surface area contributed by atoms with Gasteiger partial charge in [0, 0.05) is 18.0 Å². The number of ether oxygens (including phenoxy) is 1. The van der Waals surface area contributed by atoms with Crippen molar-refractivity contribution >= 4 is 29.1 Å². The molecule has 0 unspecified atom stereocenters. The molecule has 2 rings (SSSR count). The number of likely N-dealkylation sites (N-methyl/N-ethyl adjacent to an activating group) is 1. The van der Waals surface area contributed by atoms with E-state index in [4.69, 9.17) is 16.3 Å². The second-order valence-corrected chi connectivity index (χ2v) is 6.85. The Bertz CT molecular complexity index is 857. The first-order valence-corrected chi connectivity index (χ1v) is 9.60. The summed E-state index contributed by atoms with van der Waals surface area (Å²) in [5.41, 5.74) is 0.379. The zero-order chi connectivity index (χ0) is 21.4. The first-order chi connectivity index (χ1) is 13.8. The molecule has 0 fully saturated rings. The van der Waals surface area contributed by atoms with Crippen LogP contribution in [-0.2, 0) is 9.59 Å². The summed E-state index contributed by atoms with van der Waals surface area (Å²) in [6.07, 6.45) is 0.642. The van der Waals surface area contributed by atoms with E-state index in [2.05, 4.69) is 5.32 Å². The molecule has 5 nitrogen and oxygen atoms in total. The third kappa shape index (κ3) is 6.71. The molecule has 0 radical (unpaired) electrons. The van der Waals surface area contributed by atoms with Crippen molar-refractivity contribution in [3.8, 4) is 5.75 Å². The molecule has 29 heavy (non-hydrogen) atoms. The summed E-state index contributed by atoms with van der Waals surface area (Å²) in [6.45, 7) is 3.94. The Balaban J connectivity index is 1.81. The van der Waals surface area contributed by atoms with Crippen LogP contribution in [0.2, 0.25) is 5.02 Å². The largest absolute Gasteiger partial charge is 0.493 e. The lowest BCUT2D eigenvalue weighted by Gasteiger charge is -2.20. The van der Waals surface area contributed by atoms with Crippen LogP contribution in [0, 0.1) is 18.6 Å². The van der Waals surface area contributed by atoms with Crippen LogP contribution in [0.1, 0.15) is 25.3 Å². The van der Waals surface area contributed by atoms with Crippen LogP contribution in [-0.4, -0.2) is 36.4 Å². The van der Waals surface area contributed by atoms with Gasteiger partial charge in [0.15, 0.2) is 0 Å². The fourth-order valence-electron chi connectivity index (χ4n) is 2.68. The number of aryl methyl sites for hydroxylation is 1. The van der Waals surface area contributed by atoms with E-state index in [1.165, 1.54) is 11.0 Å². The van der Waals surface area contributed by atoms with Crippen molar-refractivity contribution in [3.05, 3.63) is 58.6 Å². The van der Waals surface area contributed by atoms with Crippen LogP contribution in [0.5, 0.6) is 5.75 Å². The topological polar surface area (TPSA) is 58.6 Å². The average Bonchev–Trinajstić information content (AvgIpc) is 2.67. The van der Waals surface area contributed by atoms with E-state index >= 15 is 0 Å². The molecule has 0 aromatic heterocycles. The average molecular weight is 425 g/mol. The van der Waals surface area contributed by atoms with Crippen molar-refractivity contribution in [2.75, 3.05) is 25.0 Å². The Morgan fingerprint density at radius 2 is 1.86 bits per heavy atom. The number of amides is 2. The van der Waals surface area contributed by atoms with Gasteiger partial charge in [0.1, 0.15) is 23.1 Å². The maximum absolute atomic E-state index is 13.6. The van der Waals surface area contributed by atoms with Crippen LogP contribution in [0.4, 0.5) is 14.5 Å². The highest BCUT2D eigenvalue weighted by Gasteiger charge is 2.18. The molecule has 0 atom stereocenters. The van der Waals surface area contributed by atoms with E-state index in [-0.39, 0.29) is 18.9 Å². The van der Waals surface area contributed by atoms with E-state index in [9.17, 15) is 18.4 Å². The maximum Gasteiger partial charge on any atom is 0.244 e. The standard InChI is InChI=1S/C21H23ClF2N2O3/c1-3-26(13-19(27)25-21-16(23)6-4-7-17(21)24)20(28)8-5-11-29-18-10-9-15(22)12-14(18)2/h4,6-7,9-10,12H,3,5,8,11,13H2,1-2H3,(H,25,27).